The molecular formula is C20H26N2O5. The molecule has 0 bridgehead atoms. The molecule has 7 heteroatoms. The Morgan fingerprint density at radius 2 is 1.44 bits per heavy atom. The zero-order valence-electron chi connectivity index (χ0n) is 15.8. The van der Waals surface area contributed by atoms with Crippen LogP contribution in [0.1, 0.15) is 17.3 Å². The highest BCUT2D eigenvalue weighted by Gasteiger charge is 2.17. The Kier molecular flexibility index (Phi) is 9.36. The largest absolute Gasteiger partial charge is 0.461 e. The summed E-state index contributed by atoms with van der Waals surface area (Å²) in [5.41, 5.74) is 1.49. The number of carbonyl (C=O) groups is 3. The molecule has 0 unspecified atom stereocenters. The number of anilines is 1. The number of benzene rings is 1. The lowest BCUT2D eigenvalue weighted by Crippen LogP contribution is -2.37. The van der Waals surface area contributed by atoms with E-state index in [1.165, 1.54) is 4.90 Å². The molecule has 0 saturated carbocycles. The van der Waals surface area contributed by atoms with Gasteiger partial charge in [0.25, 0.3) is 5.91 Å². The molecule has 0 atom stereocenters. The molecule has 0 spiro atoms. The Hall–Kier alpha value is -3.09. The molecule has 0 radical (unpaired) electrons. The van der Waals surface area contributed by atoms with Crippen molar-refractivity contribution in [3.63, 3.8) is 0 Å². The summed E-state index contributed by atoms with van der Waals surface area (Å²) in [6, 6.07) is 7.21. The van der Waals surface area contributed by atoms with Gasteiger partial charge in [-0.15, -0.1) is 0 Å². The maximum atomic E-state index is 12.8. The van der Waals surface area contributed by atoms with Gasteiger partial charge in [0.05, 0.1) is 13.1 Å². The highest BCUT2D eigenvalue weighted by molar-refractivity contribution is 5.94. The fourth-order valence-corrected chi connectivity index (χ4v) is 2.17. The summed E-state index contributed by atoms with van der Waals surface area (Å²) in [5, 5.41) is 0. The zero-order valence-corrected chi connectivity index (χ0v) is 15.8. The molecule has 7 nitrogen and oxygen atoms in total. The van der Waals surface area contributed by atoms with E-state index in [9.17, 15) is 14.4 Å². The predicted molar refractivity (Wildman–Crippen MR) is 104 cm³/mol. The molecule has 0 fully saturated rings. The molecule has 1 aromatic rings. The first-order valence-electron chi connectivity index (χ1n) is 8.61. The number of hydrogen-bond acceptors (Lipinski definition) is 6. The van der Waals surface area contributed by atoms with Gasteiger partial charge in [0.15, 0.2) is 0 Å². The predicted octanol–water partition coefficient (Wildman–Crippen LogP) is 2.04. The Labute approximate surface area is 159 Å². The molecule has 1 aromatic carbocycles. The molecule has 0 aromatic heterocycles. The minimum Gasteiger partial charge on any atom is -0.461 e. The van der Waals surface area contributed by atoms with Gasteiger partial charge in [0.2, 0.25) is 0 Å². The number of esters is 2. The number of ether oxygens (including phenoxy) is 2. The lowest BCUT2D eigenvalue weighted by molar-refractivity contribution is -0.138. The minimum atomic E-state index is -0.563. The topological polar surface area (TPSA) is 76.1 Å². The smallest absolute Gasteiger partial charge is 0.330 e. The Morgan fingerprint density at radius 1 is 0.963 bits per heavy atom. The van der Waals surface area contributed by atoms with Crippen LogP contribution in [0.4, 0.5) is 5.69 Å². The number of rotatable bonds is 11. The second-order valence-electron chi connectivity index (χ2n) is 5.60. The SMILES string of the molecule is C=CC(=O)OCCN(CCOC(=O)C=C)C(=O)c1ccc(N(C)CC)cc1. The van der Waals surface area contributed by atoms with Gasteiger partial charge < -0.3 is 19.3 Å². The van der Waals surface area contributed by atoms with Crippen molar-refractivity contribution in [1.82, 2.24) is 4.90 Å². The molecule has 0 aliphatic rings. The van der Waals surface area contributed by atoms with E-state index in [0.717, 1.165) is 24.4 Å². The van der Waals surface area contributed by atoms with Crippen molar-refractivity contribution in [3.05, 3.63) is 55.1 Å². The Morgan fingerprint density at radius 3 is 1.85 bits per heavy atom. The van der Waals surface area contributed by atoms with Crippen LogP contribution >= 0.6 is 0 Å². The van der Waals surface area contributed by atoms with Gasteiger partial charge in [0, 0.05) is 37.0 Å². The standard InChI is InChI=1S/C20H26N2O5/c1-5-18(23)26-14-12-22(13-15-27-19(24)6-2)20(25)16-8-10-17(11-9-16)21(4)7-3/h5-6,8-11H,1-2,7,12-15H2,3-4H3. The maximum Gasteiger partial charge on any atom is 0.330 e. The third-order valence-electron chi connectivity index (χ3n) is 3.86. The van der Waals surface area contributed by atoms with Crippen molar-refractivity contribution in [2.45, 2.75) is 6.92 Å². The highest BCUT2D eigenvalue weighted by atomic mass is 16.5. The average molecular weight is 374 g/mol. The first-order chi connectivity index (χ1) is 12.9. The van der Waals surface area contributed by atoms with Crippen LogP contribution < -0.4 is 4.90 Å². The van der Waals surface area contributed by atoms with E-state index in [-0.39, 0.29) is 32.2 Å². The quantitative estimate of drug-likeness (QED) is 0.436. The van der Waals surface area contributed by atoms with Crippen LogP contribution in [0.2, 0.25) is 0 Å². The summed E-state index contributed by atoms with van der Waals surface area (Å²) in [6.45, 7) is 9.90. The highest BCUT2D eigenvalue weighted by Crippen LogP contribution is 2.15. The number of amides is 1. The van der Waals surface area contributed by atoms with Crippen LogP contribution in [0.5, 0.6) is 0 Å². The van der Waals surface area contributed by atoms with Crippen molar-refractivity contribution < 1.29 is 23.9 Å². The first-order valence-corrected chi connectivity index (χ1v) is 8.61. The molecule has 146 valence electrons. The van der Waals surface area contributed by atoms with Crippen molar-refractivity contribution in [3.8, 4) is 0 Å². The van der Waals surface area contributed by atoms with E-state index in [1.54, 1.807) is 12.1 Å². The average Bonchev–Trinajstić information content (AvgIpc) is 2.71. The summed E-state index contributed by atoms with van der Waals surface area (Å²) in [5.74, 6) is -1.37. The van der Waals surface area contributed by atoms with Crippen molar-refractivity contribution >= 4 is 23.5 Å². The van der Waals surface area contributed by atoms with Gasteiger partial charge >= 0.3 is 11.9 Å². The van der Waals surface area contributed by atoms with Crippen LogP contribution in [0.15, 0.2) is 49.6 Å². The van der Waals surface area contributed by atoms with Crippen LogP contribution in [-0.2, 0) is 19.1 Å². The lowest BCUT2D eigenvalue weighted by Gasteiger charge is -2.23. The zero-order chi connectivity index (χ0) is 20.2. The molecular weight excluding hydrogens is 348 g/mol. The van der Waals surface area contributed by atoms with Crippen LogP contribution in [0, 0.1) is 0 Å². The van der Waals surface area contributed by atoms with E-state index >= 15 is 0 Å². The Balaban J connectivity index is 2.79. The Bertz CT molecular complexity index is 643. The number of carbonyl (C=O) groups excluding carboxylic acids is 3. The van der Waals surface area contributed by atoms with E-state index in [2.05, 4.69) is 18.1 Å². The van der Waals surface area contributed by atoms with Crippen LogP contribution in [0.25, 0.3) is 0 Å². The molecule has 1 amide bonds. The summed E-state index contributed by atoms with van der Waals surface area (Å²) in [6.07, 6.45) is 2.11. The molecule has 0 N–H and O–H groups in total. The number of hydrogen-bond donors (Lipinski definition) is 0. The van der Waals surface area contributed by atoms with Crippen LogP contribution in [-0.4, -0.2) is 62.6 Å². The normalized spacial score (nSPS) is 9.85. The molecule has 27 heavy (non-hydrogen) atoms. The molecule has 0 aliphatic carbocycles. The maximum absolute atomic E-state index is 12.8. The monoisotopic (exact) mass is 374 g/mol. The number of nitrogens with zero attached hydrogens (tertiary/aromatic N) is 2. The van der Waals surface area contributed by atoms with E-state index in [4.69, 9.17) is 9.47 Å². The first kappa shape index (κ1) is 22.0. The van der Waals surface area contributed by atoms with E-state index < -0.39 is 11.9 Å². The van der Waals surface area contributed by atoms with Gasteiger partial charge in [-0.05, 0) is 31.2 Å². The molecule has 1 rings (SSSR count). The van der Waals surface area contributed by atoms with Gasteiger partial charge in [-0.25, -0.2) is 9.59 Å². The van der Waals surface area contributed by atoms with Gasteiger partial charge in [0.1, 0.15) is 13.2 Å². The van der Waals surface area contributed by atoms with E-state index in [1.807, 2.05) is 26.1 Å². The van der Waals surface area contributed by atoms with Crippen molar-refractivity contribution in [1.29, 1.82) is 0 Å². The summed E-state index contributed by atoms with van der Waals surface area (Å²) in [7, 11) is 1.96. The summed E-state index contributed by atoms with van der Waals surface area (Å²) < 4.78 is 9.88. The molecule has 0 heterocycles. The van der Waals surface area contributed by atoms with Gasteiger partial charge in [-0.2, -0.15) is 0 Å². The summed E-state index contributed by atoms with van der Waals surface area (Å²) >= 11 is 0. The third-order valence-corrected chi connectivity index (χ3v) is 3.86. The second kappa shape index (κ2) is 11.5. The molecule has 0 aliphatic heterocycles. The van der Waals surface area contributed by atoms with Crippen molar-refractivity contribution in [2.75, 3.05) is 44.8 Å². The minimum absolute atomic E-state index is 0.0165. The fraction of sp³-hybridized carbons (Fsp3) is 0.350. The third kappa shape index (κ3) is 7.35. The fourth-order valence-electron chi connectivity index (χ4n) is 2.17. The van der Waals surface area contributed by atoms with Crippen LogP contribution in [0.3, 0.4) is 0 Å². The van der Waals surface area contributed by atoms with Crippen molar-refractivity contribution in [2.24, 2.45) is 0 Å². The van der Waals surface area contributed by atoms with Gasteiger partial charge in [-0.3, -0.25) is 4.79 Å². The van der Waals surface area contributed by atoms with E-state index in [0.29, 0.717) is 5.56 Å². The lowest BCUT2D eigenvalue weighted by atomic mass is 10.1. The molecule has 0 saturated heterocycles. The van der Waals surface area contributed by atoms with Gasteiger partial charge in [-0.1, -0.05) is 13.2 Å². The second-order valence-corrected chi connectivity index (χ2v) is 5.60. The summed E-state index contributed by atoms with van der Waals surface area (Å²) in [4.78, 5) is 38.6.